The average Bonchev–Trinajstić information content (AvgIpc) is 3.29. The van der Waals surface area contributed by atoms with Crippen LogP contribution in [0.2, 0.25) is 0 Å². The van der Waals surface area contributed by atoms with Crippen molar-refractivity contribution in [2.24, 2.45) is 5.92 Å². The number of nitrogens with one attached hydrogen (secondary N) is 2. The first-order valence-electron chi connectivity index (χ1n) is 11.4. The van der Waals surface area contributed by atoms with Gasteiger partial charge in [-0.2, -0.15) is 13.2 Å². The van der Waals surface area contributed by atoms with Crippen molar-refractivity contribution in [2.75, 3.05) is 5.32 Å². The number of aromatic hydroxyl groups is 1. The van der Waals surface area contributed by atoms with Crippen molar-refractivity contribution in [2.45, 2.75) is 60.2 Å². The maximum absolute atomic E-state index is 13.1. The third kappa shape index (κ3) is 7.72. The fourth-order valence-corrected chi connectivity index (χ4v) is 4.08. The summed E-state index contributed by atoms with van der Waals surface area (Å²) in [5.41, 5.74) is 0.359. The van der Waals surface area contributed by atoms with Crippen LogP contribution in [0.3, 0.4) is 0 Å². The number of Topliss-reactive ketones (excluding diaryl/α,β-unsaturated/α-hetero) is 1. The van der Waals surface area contributed by atoms with Crippen LogP contribution >= 0.6 is 11.3 Å². The summed E-state index contributed by atoms with van der Waals surface area (Å²) in [5.74, 6) is -2.85. The van der Waals surface area contributed by atoms with Crippen LogP contribution in [0, 0.1) is 5.92 Å². The van der Waals surface area contributed by atoms with E-state index in [1.165, 1.54) is 13.1 Å². The van der Waals surface area contributed by atoms with E-state index in [1.54, 1.807) is 26.8 Å². The summed E-state index contributed by atoms with van der Waals surface area (Å²) in [6.07, 6.45) is -0.703. The number of amides is 2. The van der Waals surface area contributed by atoms with Crippen LogP contribution in [-0.4, -0.2) is 32.7 Å². The molecule has 200 valence electrons. The standard InChI is InChI=1S/C25H29F3N4O4S/c1-7-13(4)17(8-16(12(2)3)15(6)33)22(35)31-14(5)24-30-11-20(37-24)23(36)32-21-9-18(25(26,27)28)19(34)10-29-21/h8-11,13-14,34H,7H2,1-6H3,(H,31,35)(H,29,32,36)/b17-8+/t13-,14-/m1/s1. The zero-order chi connectivity index (χ0) is 28.1. The maximum atomic E-state index is 13.1. The number of pyridine rings is 1. The Balaban J connectivity index is 2.20. The van der Waals surface area contributed by atoms with Gasteiger partial charge in [0.15, 0.2) is 5.78 Å². The normalized spacial score (nSPS) is 13.5. The van der Waals surface area contributed by atoms with Gasteiger partial charge in [0, 0.05) is 11.1 Å². The molecule has 0 unspecified atom stereocenters. The molecule has 0 saturated heterocycles. The summed E-state index contributed by atoms with van der Waals surface area (Å²) in [6, 6.07) is -0.0645. The molecule has 2 aromatic heterocycles. The third-order valence-corrected chi connectivity index (χ3v) is 6.70. The van der Waals surface area contributed by atoms with Crippen molar-refractivity contribution in [3.05, 3.63) is 56.7 Å². The minimum Gasteiger partial charge on any atom is -0.506 e. The number of aromatic nitrogens is 2. The van der Waals surface area contributed by atoms with Gasteiger partial charge in [-0.1, -0.05) is 19.4 Å². The molecule has 3 N–H and O–H groups in total. The van der Waals surface area contributed by atoms with E-state index in [-0.39, 0.29) is 22.5 Å². The lowest BCUT2D eigenvalue weighted by atomic mass is 9.93. The summed E-state index contributed by atoms with van der Waals surface area (Å²) < 4.78 is 39.0. The van der Waals surface area contributed by atoms with E-state index in [1.807, 2.05) is 13.8 Å². The molecular formula is C25H29F3N4O4S. The van der Waals surface area contributed by atoms with Gasteiger partial charge in [-0.25, -0.2) is 9.97 Å². The summed E-state index contributed by atoms with van der Waals surface area (Å²) in [5, 5.41) is 14.9. The highest BCUT2D eigenvalue weighted by molar-refractivity contribution is 7.13. The minimum absolute atomic E-state index is 0.0839. The lowest BCUT2D eigenvalue weighted by Gasteiger charge is -2.18. The van der Waals surface area contributed by atoms with E-state index < -0.39 is 35.3 Å². The number of carbonyl (C=O) groups is 3. The van der Waals surface area contributed by atoms with Crippen molar-refractivity contribution in [1.82, 2.24) is 15.3 Å². The van der Waals surface area contributed by atoms with Gasteiger partial charge in [0.2, 0.25) is 5.91 Å². The monoisotopic (exact) mass is 538 g/mol. The molecule has 0 bridgehead atoms. The molecule has 37 heavy (non-hydrogen) atoms. The van der Waals surface area contributed by atoms with E-state index in [0.29, 0.717) is 34.8 Å². The lowest BCUT2D eigenvalue weighted by Crippen LogP contribution is -2.30. The second kappa shape index (κ2) is 12.1. The Kier molecular flexibility index (Phi) is 9.73. The van der Waals surface area contributed by atoms with Crippen molar-refractivity contribution >= 4 is 34.8 Å². The van der Waals surface area contributed by atoms with Crippen LogP contribution < -0.4 is 10.6 Å². The minimum atomic E-state index is -4.82. The highest BCUT2D eigenvalue weighted by Crippen LogP contribution is 2.36. The molecule has 2 heterocycles. The Hall–Kier alpha value is -3.54. The number of hydrogen-bond acceptors (Lipinski definition) is 7. The molecule has 0 spiro atoms. The topological polar surface area (TPSA) is 121 Å². The number of hydrogen-bond donors (Lipinski definition) is 3. The summed E-state index contributed by atoms with van der Waals surface area (Å²) in [4.78, 5) is 45.5. The summed E-state index contributed by atoms with van der Waals surface area (Å²) in [6.45, 7) is 10.5. The van der Waals surface area contributed by atoms with E-state index in [0.717, 1.165) is 16.9 Å². The maximum Gasteiger partial charge on any atom is 0.420 e. The van der Waals surface area contributed by atoms with Gasteiger partial charge < -0.3 is 15.7 Å². The molecule has 2 amide bonds. The molecule has 0 aliphatic rings. The van der Waals surface area contributed by atoms with Gasteiger partial charge in [-0.15, -0.1) is 11.3 Å². The number of halogens is 3. The average molecular weight is 539 g/mol. The van der Waals surface area contributed by atoms with Crippen LogP contribution in [0.15, 0.2) is 41.3 Å². The molecule has 2 aromatic rings. The Bertz CT molecular complexity index is 1250. The van der Waals surface area contributed by atoms with E-state index in [4.69, 9.17) is 0 Å². The molecule has 2 atom stereocenters. The number of anilines is 1. The number of thiazole rings is 1. The Morgan fingerprint density at radius 1 is 1.14 bits per heavy atom. The van der Waals surface area contributed by atoms with E-state index in [9.17, 15) is 32.7 Å². The largest absolute Gasteiger partial charge is 0.506 e. The smallest absolute Gasteiger partial charge is 0.420 e. The summed E-state index contributed by atoms with van der Waals surface area (Å²) >= 11 is 0.953. The molecule has 0 radical (unpaired) electrons. The van der Waals surface area contributed by atoms with Gasteiger partial charge in [0.1, 0.15) is 27.0 Å². The van der Waals surface area contributed by atoms with Crippen molar-refractivity contribution in [3.8, 4) is 5.75 Å². The predicted octanol–water partition coefficient (Wildman–Crippen LogP) is 5.59. The molecule has 0 aromatic carbocycles. The van der Waals surface area contributed by atoms with Gasteiger partial charge in [0.25, 0.3) is 5.91 Å². The number of rotatable bonds is 9. The Morgan fingerprint density at radius 2 is 1.78 bits per heavy atom. The van der Waals surface area contributed by atoms with Crippen LogP contribution in [0.25, 0.3) is 0 Å². The third-order valence-electron chi connectivity index (χ3n) is 5.52. The van der Waals surface area contributed by atoms with Crippen molar-refractivity contribution in [3.63, 3.8) is 0 Å². The molecule has 12 heteroatoms. The van der Waals surface area contributed by atoms with Gasteiger partial charge in [-0.05, 0) is 52.2 Å². The molecule has 0 fully saturated rings. The number of ketones is 1. The van der Waals surface area contributed by atoms with Crippen molar-refractivity contribution < 1.29 is 32.7 Å². The van der Waals surface area contributed by atoms with Crippen LogP contribution in [0.5, 0.6) is 5.75 Å². The SMILES string of the molecule is CC[C@@H](C)/C(=C\C(C(C)=O)=C(C)C)C(=O)N[C@H](C)c1ncc(C(=O)Nc2cc(C(F)(F)F)c(O)cn2)s1. The number of allylic oxidation sites excluding steroid dienone is 3. The van der Waals surface area contributed by atoms with Crippen LogP contribution in [-0.2, 0) is 15.8 Å². The van der Waals surface area contributed by atoms with Gasteiger partial charge in [-0.3, -0.25) is 14.4 Å². The first-order valence-corrected chi connectivity index (χ1v) is 12.2. The molecule has 0 aliphatic carbocycles. The fraction of sp³-hybridized carbons (Fsp3) is 0.400. The molecule has 0 saturated carbocycles. The van der Waals surface area contributed by atoms with Gasteiger partial charge in [0.05, 0.1) is 18.4 Å². The molecule has 0 aliphatic heterocycles. The zero-order valence-electron chi connectivity index (χ0n) is 21.3. The Morgan fingerprint density at radius 3 is 2.32 bits per heavy atom. The number of nitrogens with zero attached hydrogens (tertiary/aromatic N) is 2. The second-order valence-electron chi connectivity index (χ2n) is 8.68. The van der Waals surface area contributed by atoms with E-state index >= 15 is 0 Å². The molecule has 8 nitrogen and oxygen atoms in total. The highest BCUT2D eigenvalue weighted by atomic mass is 32.1. The number of carbonyl (C=O) groups excluding carboxylic acids is 3. The quantitative estimate of drug-likeness (QED) is 0.283. The predicted molar refractivity (Wildman–Crippen MR) is 134 cm³/mol. The van der Waals surface area contributed by atoms with Crippen LogP contribution in [0.4, 0.5) is 19.0 Å². The Labute approximate surface area is 216 Å². The van der Waals surface area contributed by atoms with Gasteiger partial charge >= 0.3 is 6.18 Å². The molecule has 2 rings (SSSR count). The zero-order valence-corrected chi connectivity index (χ0v) is 22.1. The van der Waals surface area contributed by atoms with Crippen molar-refractivity contribution in [1.29, 1.82) is 0 Å². The first kappa shape index (κ1) is 29.7. The lowest BCUT2D eigenvalue weighted by molar-refractivity contribution is -0.138. The summed E-state index contributed by atoms with van der Waals surface area (Å²) in [7, 11) is 0. The molecular weight excluding hydrogens is 509 g/mol. The fourth-order valence-electron chi connectivity index (χ4n) is 3.26. The number of alkyl halides is 3. The second-order valence-corrected chi connectivity index (χ2v) is 9.74. The highest BCUT2D eigenvalue weighted by Gasteiger charge is 2.34. The first-order chi connectivity index (χ1) is 17.1. The van der Waals surface area contributed by atoms with Crippen LogP contribution in [0.1, 0.15) is 74.2 Å². The van der Waals surface area contributed by atoms with E-state index in [2.05, 4.69) is 20.6 Å².